The lowest BCUT2D eigenvalue weighted by molar-refractivity contribution is -0.151. The normalized spacial score (nSPS) is 31.4. The summed E-state index contributed by atoms with van der Waals surface area (Å²) in [5.41, 5.74) is 1.28. The number of nitrogens with zero attached hydrogens (tertiary/aromatic N) is 2. The predicted molar refractivity (Wildman–Crippen MR) is 93.7 cm³/mol. The van der Waals surface area contributed by atoms with Gasteiger partial charge in [-0.2, -0.15) is 0 Å². The maximum absolute atomic E-state index is 13.0. The fourth-order valence-corrected chi connectivity index (χ4v) is 4.67. The Kier molecular flexibility index (Phi) is 4.34. The van der Waals surface area contributed by atoms with Gasteiger partial charge < -0.3 is 10.0 Å². The molecule has 1 aliphatic heterocycles. The highest BCUT2D eigenvalue weighted by atomic mass is 16.4. The largest absolute Gasteiger partial charge is 0.481 e. The van der Waals surface area contributed by atoms with Gasteiger partial charge in [0.05, 0.1) is 11.8 Å². The molecule has 1 aromatic carbocycles. The molecule has 25 heavy (non-hydrogen) atoms. The zero-order valence-electron chi connectivity index (χ0n) is 14.3. The van der Waals surface area contributed by atoms with Crippen LogP contribution in [0.5, 0.6) is 0 Å². The number of hydrogen-bond acceptors (Lipinski definition) is 3. The minimum Gasteiger partial charge on any atom is -0.481 e. The van der Waals surface area contributed by atoms with Gasteiger partial charge in [0.1, 0.15) is 0 Å². The first kappa shape index (κ1) is 16.3. The molecular weight excluding hydrogens is 316 g/mol. The van der Waals surface area contributed by atoms with E-state index in [-0.39, 0.29) is 23.7 Å². The second-order valence-electron chi connectivity index (χ2n) is 7.43. The van der Waals surface area contributed by atoms with Gasteiger partial charge in [-0.05, 0) is 23.8 Å². The topological polar surface area (TPSA) is 60.9 Å². The molecule has 1 heterocycles. The van der Waals surface area contributed by atoms with Crippen LogP contribution in [0.4, 0.5) is 0 Å². The third-order valence-electron chi connectivity index (χ3n) is 5.96. The van der Waals surface area contributed by atoms with Crippen molar-refractivity contribution in [2.75, 3.05) is 26.2 Å². The lowest BCUT2D eigenvalue weighted by Crippen LogP contribution is -2.52. The average molecular weight is 340 g/mol. The van der Waals surface area contributed by atoms with Crippen LogP contribution in [0.15, 0.2) is 42.5 Å². The summed E-state index contributed by atoms with van der Waals surface area (Å²) in [5.74, 6) is -1.53. The van der Waals surface area contributed by atoms with Crippen LogP contribution in [0, 0.1) is 23.7 Å². The minimum absolute atomic E-state index is 0.0378. The quantitative estimate of drug-likeness (QED) is 0.850. The first-order chi connectivity index (χ1) is 12.1. The highest BCUT2D eigenvalue weighted by molar-refractivity contribution is 5.87. The van der Waals surface area contributed by atoms with Crippen molar-refractivity contribution in [1.29, 1.82) is 0 Å². The molecule has 1 aromatic rings. The van der Waals surface area contributed by atoms with E-state index in [1.54, 1.807) is 0 Å². The molecule has 3 aliphatic rings. The summed E-state index contributed by atoms with van der Waals surface area (Å²) in [6.45, 7) is 3.97. The number of rotatable bonds is 4. The number of allylic oxidation sites excluding steroid dienone is 2. The molecule has 4 atom stereocenters. The maximum atomic E-state index is 13.0. The molecule has 0 aromatic heterocycles. The smallest absolute Gasteiger partial charge is 0.307 e. The predicted octanol–water partition coefficient (Wildman–Crippen LogP) is 1.85. The molecule has 1 amide bonds. The van der Waals surface area contributed by atoms with Crippen LogP contribution in [0.25, 0.3) is 0 Å². The van der Waals surface area contributed by atoms with E-state index in [2.05, 4.69) is 23.1 Å². The van der Waals surface area contributed by atoms with Crippen molar-refractivity contribution in [3.63, 3.8) is 0 Å². The molecule has 132 valence electrons. The van der Waals surface area contributed by atoms with Crippen molar-refractivity contribution in [2.24, 2.45) is 23.7 Å². The number of carboxylic acids is 1. The standard InChI is InChI=1S/C20H24N2O3/c23-19(17-15-6-7-16(12-15)18(17)20(24)25)22-10-8-21(9-11-22)13-14-4-2-1-3-5-14/h1-7,15-18H,8-13H2,(H,24,25)/t15-,16+,17-,18-/m0/s1. The highest BCUT2D eigenvalue weighted by Gasteiger charge is 2.52. The van der Waals surface area contributed by atoms with Crippen LogP contribution >= 0.6 is 0 Å². The second kappa shape index (κ2) is 6.64. The summed E-state index contributed by atoms with van der Waals surface area (Å²) >= 11 is 0. The van der Waals surface area contributed by atoms with Crippen molar-refractivity contribution >= 4 is 11.9 Å². The Morgan fingerprint density at radius 3 is 2.24 bits per heavy atom. The zero-order chi connectivity index (χ0) is 17.4. The second-order valence-corrected chi connectivity index (χ2v) is 7.43. The van der Waals surface area contributed by atoms with E-state index >= 15 is 0 Å². The maximum Gasteiger partial charge on any atom is 0.307 e. The number of carbonyl (C=O) groups is 2. The fourth-order valence-electron chi connectivity index (χ4n) is 4.67. The molecule has 5 heteroatoms. The molecule has 1 saturated heterocycles. The Morgan fingerprint density at radius 1 is 0.960 bits per heavy atom. The van der Waals surface area contributed by atoms with Gasteiger partial charge in [0.2, 0.25) is 5.91 Å². The summed E-state index contributed by atoms with van der Waals surface area (Å²) < 4.78 is 0. The molecule has 0 unspecified atom stereocenters. The fraction of sp³-hybridized carbons (Fsp3) is 0.500. The van der Waals surface area contributed by atoms with Gasteiger partial charge in [-0.1, -0.05) is 42.5 Å². The zero-order valence-corrected chi connectivity index (χ0v) is 14.3. The van der Waals surface area contributed by atoms with E-state index in [4.69, 9.17) is 0 Å². The number of amides is 1. The van der Waals surface area contributed by atoms with E-state index < -0.39 is 11.9 Å². The van der Waals surface area contributed by atoms with Crippen LogP contribution in [0.1, 0.15) is 12.0 Å². The minimum atomic E-state index is -0.821. The molecule has 5 nitrogen and oxygen atoms in total. The van der Waals surface area contributed by atoms with Crippen LogP contribution in [-0.4, -0.2) is 53.0 Å². The molecule has 2 fully saturated rings. The summed E-state index contributed by atoms with van der Waals surface area (Å²) in [4.78, 5) is 28.9. The van der Waals surface area contributed by atoms with Gasteiger partial charge in [-0.25, -0.2) is 0 Å². The van der Waals surface area contributed by atoms with Crippen molar-refractivity contribution in [2.45, 2.75) is 13.0 Å². The van der Waals surface area contributed by atoms with E-state index in [9.17, 15) is 14.7 Å². The van der Waals surface area contributed by atoms with Gasteiger partial charge in [-0.3, -0.25) is 14.5 Å². The lowest BCUT2D eigenvalue weighted by atomic mass is 9.82. The van der Waals surface area contributed by atoms with Crippen LogP contribution < -0.4 is 0 Å². The van der Waals surface area contributed by atoms with E-state index in [0.29, 0.717) is 13.1 Å². The van der Waals surface area contributed by atoms with Crippen molar-refractivity contribution in [3.8, 4) is 0 Å². The number of carboxylic acid groups (broad SMARTS) is 1. The van der Waals surface area contributed by atoms with Crippen molar-refractivity contribution in [1.82, 2.24) is 9.80 Å². The Balaban J connectivity index is 1.37. The third-order valence-corrected chi connectivity index (χ3v) is 5.96. The van der Waals surface area contributed by atoms with Gasteiger partial charge in [0, 0.05) is 32.7 Å². The van der Waals surface area contributed by atoms with E-state index in [0.717, 1.165) is 26.1 Å². The van der Waals surface area contributed by atoms with Crippen LogP contribution in [0.2, 0.25) is 0 Å². The SMILES string of the molecule is O=C(O)[C@@H]1[C@@H](C(=O)N2CCN(Cc3ccccc3)CC2)[C@H]2C=C[C@@H]1C2. The van der Waals surface area contributed by atoms with Gasteiger partial charge in [-0.15, -0.1) is 0 Å². The van der Waals surface area contributed by atoms with Crippen molar-refractivity contribution in [3.05, 3.63) is 48.0 Å². The lowest BCUT2D eigenvalue weighted by Gasteiger charge is -2.37. The number of benzene rings is 1. The Hall–Kier alpha value is -2.14. The number of carbonyl (C=O) groups excluding carboxylic acids is 1. The number of aliphatic carboxylic acids is 1. The molecule has 1 saturated carbocycles. The Morgan fingerprint density at radius 2 is 1.60 bits per heavy atom. The third kappa shape index (κ3) is 3.09. The van der Waals surface area contributed by atoms with Crippen LogP contribution in [0.3, 0.4) is 0 Å². The van der Waals surface area contributed by atoms with Gasteiger partial charge >= 0.3 is 5.97 Å². The summed E-state index contributed by atoms with van der Waals surface area (Å²) in [5, 5.41) is 9.55. The number of piperazine rings is 1. The summed E-state index contributed by atoms with van der Waals surface area (Å²) in [7, 11) is 0. The molecule has 2 aliphatic carbocycles. The average Bonchev–Trinajstić information content (AvgIpc) is 3.24. The Labute approximate surface area is 147 Å². The molecule has 0 radical (unpaired) electrons. The monoisotopic (exact) mass is 340 g/mol. The molecule has 0 spiro atoms. The summed E-state index contributed by atoms with van der Waals surface area (Å²) in [6, 6.07) is 10.4. The Bertz CT molecular complexity index is 679. The molecular formula is C20H24N2O3. The first-order valence-corrected chi connectivity index (χ1v) is 9.09. The summed E-state index contributed by atoms with van der Waals surface area (Å²) in [6.07, 6.45) is 4.87. The molecule has 4 rings (SSSR count). The van der Waals surface area contributed by atoms with E-state index in [1.807, 2.05) is 29.2 Å². The first-order valence-electron chi connectivity index (χ1n) is 9.09. The van der Waals surface area contributed by atoms with Crippen molar-refractivity contribution < 1.29 is 14.7 Å². The van der Waals surface area contributed by atoms with Crippen LogP contribution in [-0.2, 0) is 16.1 Å². The van der Waals surface area contributed by atoms with E-state index in [1.165, 1.54) is 5.56 Å². The number of fused-ring (bicyclic) bond motifs is 2. The van der Waals surface area contributed by atoms with Gasteiger partial charge in [0.25, 0.3) is 0 Å². The molecule has 2 bridgehead atoms. The van der Waals surface area contributed by atoms with Gasteiger partial charge in [0.15, 0.2) is 0 Å². The number of hydrogen-bond donors (Lipinski definition) is 1. The highest BCUT2D eigenvalue weighted by Crippen LogP contribution is 2.48. The molecule has 1 N–H and O–H groups in total.